The molecule has 1 aromatic rings. The zero-order chi connectivity index (χ0) is 14.8. The number of methoxy groups -OCH3 is 1. The molecule has 0 spiro atoms. The molecule has 1 saturated carbocycles. The monoisotopic (exact) mass is 290 g/mol. The SMILES string of the molecule is COC1(C(O)c2ccccc2OC(F)(F)F)CCCC1. The maximum absolute atomic E-state index is 12.4. The molecule has 112 valence electrons. The molecule has 3 nitrogen and oxygen atoms in total. The van der Waals surface area contributed by atoms with Crippen LogP contribution >= 0.6 is 0 Å². The molecule has 1 aromatic carbocycles. The minimum Gasteiger partial charge on any atom is -0.405 e. The Kier molecular flexibility index (Phi) is 4.25. The second kappa shape index (κ2) is 5.61. The predicted octanol–water partition coefficient (Wildman–Crippen LogP) is 3.58. The molecule has 0 saturated heterocycles. The Balaban J connectivity index is 2.32. The molecule has 1 aliphatic carbocycles. The molecular formula is C14H17F3O3. The lowest BCUT2D eigenvalue weighted by Crippen LogP contribution is -2.36. The first-order valence-electron chi connectivity index (χ1n) is 6.46. The molecule has 6 heteroatoms. The van der Waals surface area contributed by atoms with Crippen LogP contribution in [0, 0.1) is 0 Å². The van der Waals surface area contributed by atoms with Gasteiger partial charge in [0, 0.05) is 12.7 Å². The van der Waals surface area contributed by atoms with E-state index in [1.54, 1.807) is 6.07 Å². The normalized spacial score (nSPS) is 19.9. The van der Waals surface area contributed by atoms with Crippen molar-refractivity contribution in [1.29, 1.82) is 0 Å². The number of hydrogen-bond acceptors (Lipinski definition) is 3. The highest BCUT2D eigenvalue weighted by molar-refractivity contribution is 5.37. The van der Waals surface area contributed by atoms with Crippen LogP contribution in [0.2, 0.25) is 0 Å². The Morgan fingerprint density at radius 1 is 1.20 bits per heavy atom. The summed E-state index contributed by atoms with van der Waals surface area (Å²) in [5.74, 6) is -0.379. The van der Waals surface area contributed by atoms with Crippen molar-refractivity contribution in [3.8, 4) is 5.75 Å². The smallest absolute Gasteiger partial charge is 0.405 e. The Morgan fingerprint density at radius 3 is 2.35 bits per heavy atom. The van der Waals surface area contributed by atoms with Crippen molar-refractivity contribution in [2.45, 2.75) is 43.8 Å². The van der Waals surface area contributed by atoms with E-state index in [2.05, 4.69) is 4.74 Å². The molecule has 0 radical (unpaired) electrons. The van der Waals surface area contributed by atoms with E-state index in [0.29, 0.717) is 12.8 Å². The second-order valence-corrected chi connectivity index (χ2v) is 4.96. The van der Waals surface area contributed by atoms with Crippen LogP contribution < -0.4 is 4.74 Å². The average Bonchev–Trinajstić information content (AvgIpc) is 2.86. The van der Waals surface area contributed by atoms with Gasteiger partial charge in [-0.3, -0.25) is 0 Å². The quantitative estimate of drug-likeness (QED) is 0.921. The van der Waals surface area contributed by atoms with Crippen LogP contribution in [-0.4, -0.2) is 24.2 Å². The van der Waals surface area contributed by atoms with Crippen LogP contribution in [0.1, 0.15) is 37.4 Å². The Hall–Kier alpha value is -1.27. The number of rotatable bonds is 4. The van der Waals surface area contributed by atoms with Crippen LogP contribution in [0.4, 0.5) is 13.2 Å². The third-order valence-corrected chi connectivity index (χ3v) is 3.79. The summed E-state index contributed by atoms with van der Waals surface area (Å²) in [6.07, 6.45) is -2.93. The van der Waals surface area contributed by atoms with Gasteiger partial charge < -0.3 is 14.6 Å². The molecule has 0 aliphatic heterocycles. The maximum atomic E-state index is 12.4. The average molecular weight is 290 g/mol. The van der Waals surface area contributed by atoms with Crippen molar-refractivity contribution in [2.24, 2.45) is 0 Å². The Morgan fingerprint density at radius 2 is 1.80 bits per heavy atom. The summed E-state index contributed by atoms with van der Waals surface area (Å²) in [6, 6.07) is 5.64. The molecule has 1 aliphatic rings. The molecule has 0 bridgehead atoms. The summed E-state index contributed by atoms with van der Waals surface area (Å²) in [5, 5.41) is 10.5. The minimum atomic E-state index is -4.79. The predicted molar refractivity (Wildman–Crippen MR) is 66.3 cm³/mol. The molecule has 0 aromatic heterocycles. The Bertz CT molecular complexity index is 453. The molecule has 0 heterocycles. The van der Waals surface area contributed by atoms with Gasteiger partial charge >= 0.3 is 6.36 Å². The van der Waals surface area contributed by atoms with Gasteiger partial charge in [0.15, 0.2) is 0 Å². The van der Waals surface area contributed by atoms with E-state index < -0.39 is 18.1 Å². The molecule has 20 heavy (non-hydrogen) atoms. The fourth-order valence-corrected chi connectivity index (χ4v) is 2.77. The Labute approximate surface area is 115 Å². The molecule has 1 unspecified atom stereocenters. The molecular weight excluding hydrogens is 273 g/mol. The topological polar surface area (TPSA) is 38.7 Å². The third-order valence-electron chi connectivity index (χ3n) is 3.79. The van der Waals surface area contributed by atoms with E-state index in [1.165, 1.54) is 25.3 Å². The summed E-state index contributed by atoms with van der Waals surface area (Å²) in [6.45, 7) is 0. The van der Waals surface area contributed by atoms with E-state index in [4.69, 9.17) is 4.74 Å². The zero-order valence-corrected chi connectivity index (χ0v) is 11.1. The van der Waals surface area contributed by atoms with Crippen molar-refractivity contribution >= 4 is 0 Å². The van der Waals surface area contributed by atoms with Gasteiger partial charge in [0.1, 0.15) is 11.9 Å². The van der Waals surface area contributed by atoms with Crippen molar-refractivity contribution in [3.63, 3.8) is 0 Å². The first-order valence-corrected chi connectivity index (χ1v) is 6.46. The lowest BCUT2D eigenvalue weighted by molar-refractivity contribution is -0.275. The van der Waals surface area contributed by atoms with Gasteiger partial charge in [0.25, 0.3) is 0 Å². The standard InChI is InChI=1S/C14H17F3O3/c1-19-13(8-4-5-9-13)12(18)10-6-2-3-7-11(10)20-14(15,16)17/h2-3,6-7,12,18H,4-5,8-9H2,1H3. The number of halogens is 3. The minimum absolute atomic E-state index is 0.105. The lowest BCUT2D eigenvalue weighted by atomic mass is 9.89. The van der Waals surface area contributed by atoms with Gasteiger partial charge in [0.2, 0.25) is 0 Å². The first kappa shape index (κ1) is 15.1. The van der Waals surface area contributed by atoms with Crippen LogP contribution in [0.5, 0.6) is 5.75 Å². The van der Waals surface area contributed by atoms with Gasteiger partial charge in [-0.05, 0) is 18.9 Å². The highest BCUT2D eigenvalue weighted by Gasteiger charge is 2.43. The number of aliphatic hydroxyl groups excluding tert-OH is 1. The van der Waals surface area contributed by atoms with Gasteiger partial charge in [-0.25, -0.2) is 0 Å². The molecule has 2 rings (SSSR count). The highest BCUT2D eigenvalue weighted by atomic mass is 19.4. The number of para-hydroxylation sites is 1. The van der Waals surface area contributed by atoms with E-state index in [9.17, 15) is 18.3 Å². The molecule has 1 fully saturated rings. The zero-order valence-electron chi connectivity index (χ0n) is 11.1. The van der Waals surface area contributed by atoms with Gasteiger partial charge in [-0.15, -0.1) is 13.2 Å². The fourth-order valence-electron chi connectivity index (χ4n) is 2.77. The number of hydrogen-bond donors (Lipinski definition) is 1. The van der Waals surface area contributed by atoms with Crippen molar-refractivity contribution in [2.75, 3.05) is 7.11 Å². The summed E-state index contributed by atoms with van der Waals surface area (Å²) in [7, 11) is 1.47. The van der Waals surface area contributed by atoms with Crippen molar-refractivity contribution < 1.29 is 27.8 Å². The number of benzene rings is 1. The summed E-state index contributed by atoms with van der Waals surface area (Å²) in [5.41, 5.74) is -0.723. The van der Waals surface area contributed by atoms with E-state index >= 15 is 0 Å². The van der Waals surface area contributed by atoms with Crippen LogP contribution in [-0.2, 0) is 4.74 Å². The first-order chi connectivity index (χ1) is 9.38. The highest BCUT2D eigenvalue weighted by Crippen LogP contribution is 2.45. The fraction of sp³-hybridized carbons (Fsp3) is 0.571. The summed E-state index contributed by atoms with van der Waals surface area (Å²) >= 11 is 0. The lowest BCUT2D eigenvalue weighted by Gasteiger charge is -2.33. The van der Waals surface area contributed by atoms with Crippen LogP contribution in [0.15, 0.2) is 24.3 Å². The van der Waals surface area contributed by atoms with Crippen LogP contribution in [0.3, 0.4) is 0 Å². The van der Waals surface area contributed by atoms with E-state index in [-0.39, 0.29) is 11.3 Å². The number of aliphatic hydroxyl groups is 1. The third kappa shape index (κ3) is 3.07. The van der Waals surface area contributed by atoms with Gasteiger partial charge in [-0.1, -0.05) is 31.0 Å². The molecule has 1 N–H and O–H groups in total. The van der Waals surface area contributed by atoms with Crippen molar-refractivity contribution in [1.82, 2.24) is 0 Å². The van der Waals surface area contributed by atoms with E-state index in [1.807, 2.05) is 0 Å². The van der Waals surface area contributed by atoms with Gasteiger partial charge in [0.05, 0.1) is 5.60 Å². The largest absolute Gasteiger partial charge is 0.573 e. The second-order valence-electron chi connectivity index (χ2n) is 4.96. The summed E-state index contributed by atoms with van der Waals surface area (Å²) in [4.78, 5) is 0. The number of ether oxygens (including phenoxy) is 2. The van der Waals surface area contributed by atoms with E-state index in [0.717, 1.165) is 12.8 Å². The van der Waals surface area contributed by atoms with Crippen LogP contribution in [0.25, 0.3) is 0 Å². The maximum Gasteiger partial charge on any atom is 0.573 e. The number of alkyl halides is 3. The summed E-state index contributed by atoms with van der Waals surface area (Å²) < 4.78 is 46.6. The molecule has 0 amide bonds. The van der Waals surface area contributed by atoms with Gasteiger partial charge in [-0.2, -0.15) is 0 Å². The van der Waals surface area contributed by atoms with Crippen molar-refractivity contribution in [3.05, 3.63) is 29.8 Å². The molecule has 1 atom stereocenters.